The molecule has 8 nitrogen and oxygen atoms in total. The molecule has 8 heteroatoms. The van der Waals surface area contributed by atoms with E-state index < -0.39 is 17.9 Å². The second-order valence-corrected chi connectivity index (χ2v) is 11.7. The van der Waals surface area contributed by atoms with Crippen molar-refractivity contribution >= 4 is 23.5 Å². The number of carboxylic acids is 2. The largest absolute Gasteiger partial charge is 0.481 e. The number of carboxylic acid groups (broad SMARTS) is 2. The van der Waals surface area contributed by atoms with Crippen molar-refractivity contribution in [2.45, 2.75) is 66.2 Å². The predicted molar refractivity (Wildman–Crippen MR) is 138 cm³/mol. The second-order valence-electron chi connectivity index (χ2n) is 11.7. The SMILES string of the molecule is CC(=O)O.CC1(C)CC(=O)C2=C(C1)OC1=C(C(=O)CC(C)(C)C1)C2c1ccc(-c2ccccc2C(=O)O)o1. The van der Waals surface area contributed by atoms with Gasteiger partial charge in [0.15, 0.2) is 11.6 Å². The van der Waals surface area contributed by atoms with Crippen LogP contribution in [0.3, 0.4) is 0 Å². The minimum Gasteiger partial charge on any atom is -0.481 e. The molecule has 0 saturated carbocycles. The van der Waals surface area contributed by atoms with Crippen LogP contribution >= 0.6 is 0 Å². The number of carbonyl (C=O) groups excluding carboxylic acids is 2. The second kappa shape index (κ2) is 9.74. The molecule has 2 aromatic rings. The van der Waals surface area contributed by atoms with Gasteiger partial charge in [-0.2, -0.15) is 0 Å². The fourth-order valence-electron chi connectivity index (χ4n) is 5.50. The van der Waals surface area contributed by atoms with Gasteiger partial charge in [-0.05, 0) is 29.0 Å². The fourth-order valence-corrected chi connectivity index (χ4v) is 5.50. The Balaban J connectivity index is 0.000000786. The summed E-state index contributed by atoms with van der Waals surface area (Å²) in [5, 5.41) is 17.0. The summed E-state index contributed by atoms with van der Waals surface area (Å²) in [6, 6.07) is 10.1. The van der Waals surface area contributed by atoms with Gasteiger partial charge in [-0.1, -0.05) is 45.9 Å². The van der Waals surface area contributed by atoms with Crippen molar-refractivity contribution in [2.75, 3.05) is 0 Å². The Hall–Kier alpha value is -3.94. The van der Waals surface area contributed by atoms with Crippen LogP contribution in [0, 0.1) is 10.8 Å². The van der Waals surface area contributed by atoms with Crippen molar-refractivity contribution in [3.05, 3.63) is 70.4 Å². The van der Waals surface area contributed by atoms with Crippen molar-refractivity contribution in [3.63, 3.8) is 0 Å². The molecule has 0 atom stereocenters. The molecule has 2 heterocycles. The molecule has 1 aromatic carbocycles. The maximum atomic E-state index is 13.4. The summed E-state index contributed by atoms with van der Waals surface area (Å²) in [6.07, 6.45) is 1.93. The van der Waals surface area contributed by atoms with E-state index in [1.165, 1.54) is 6.07 Å². The molecule has 0 fully saturated rings. The van der Waals surface area contributed by atoms with Crippen LogP contribution in [-0.2, 0) is 19.1 Å². The number of Topliss-reactive ketones (excluding diaryl/α,β-unsaturated/α-hetero) is 2. The molecule has 0 amide bonds. The summed E-state index contributed by atoms with van der Waals surface area (Å²) in [5.41, 5.74) is 1.10. The fraction of sp³-hybridized carbons (Fsp3) is 0.400. The van der Waals surface area contributed by atoms with Crippen molar-refractivity contribution < 1.29 is 38.5 Å². The molecule has 0 saturated heterocycles. The predicted octanol–water partition coefficient (Wildman–Crippen LogP) is 6.14. The third-order valence-electron chi connectivity index (χ3n) is 6.92. The summed E-state index contributed by atoms with van der Waals surface area (Å²) in [5.74, 6) is -0.511. The van der Waals surface area contributed by atoms with Gasteiger partial charge >= 0.3 is 5.97 Å². The van der Waals surface area contributed by atoms with Gasteiger partial charge in [-0.15, -0.1) is 0 Å². The highest BCUT2D eigenvalue weighted by Gasteiger charge is 2.48. The molecule has 1 aromatic heterocycles. The van der Waals surface area contributed by atoms with Crippen molar-refractivity contribution in [2.24, 2.45) is 10.8 Å². The van der Waals surface area contributed by atoms with Gasteiger partial charge in [-0.25, -0.2) is 4.79 Å². The van der Waals surface area contributed by atoms with Gasteiger partial charge in [0.2, 0.25) is 0 Å². The third-order valence-corrected chi connectivity index (χ3v) is 6.92. The molecular weight excluding hydrogens is 488 g/mol. The smallest absolute Gasteiger partial charge is 0.336 e. The monoisotopic (exact) mass is 520 g/mol. The zero-order valence-electron chi connectivity index (χ0n) is 22.2. The van der Waals surface area contributed by atoms with Crippen LogP contribution in [0.25, 0.3) is 11.3 Å². The summed E-state index contributed by atoms with van der Waals surface area (Å²) >= 11 is 0. The lowest BCUT2D eigenvalue weighted by Gasteiger charge is -2.42. The number of carbonyl (C=O) groups is 4. The molecule has 0 radical (unpaired) electrons. The van der Waals surface area contributed by atoms with E-state index in [1.807, 2.05) is 27.7 Å². The topological polar surface area (TPSA) is 131 Å². The quantitative estimate of drug-likeness (QED) is 0.494. The van der Waals surface area contributed by atoms with Crippen LogP contribution in [0.5, 0.6) is 0 Å². The molecule has 2 aliphatic carbocycles. The number of aromatic carboxylic acids is 1. The van der Waals surface area contributed by atoms with Crippen LogP contribution in [-0.4, -0.2) is 33.7 Å². The average Bonchev–Trinajstić information content (AvgIpc) is 3.25. The number of hydrogen-bond donors (Lipinski definition) is 2. The molecule has 3 aliphatic rings. The van der Waals surface area contributed by atoms with Gasteiger partial charge in [-0.3, -0.25) is 14.4 Å². The number of furan rings is 1. The normalized spacial score (nSPS) is 20.1. The Morgan fingerprint density at radius 2 is 1.32 bits per heavy atom. The van der Waals surface area contributed by atoms with E-state index >= 15 is 0 Å². The zero-order chi connectivity index (χ0) is 28.0. The number of rotatable bonds is 3. The Morgan fingerprint density at radius 3 is 1.82 bits per heavy atom. The zero-order valence-corrected chi connectivity index (χ0v) is 22.2. The highest BCUT2D eigenvalue weighted by atomic mass is 16.5. The Bertz CT molecular complexity index is 1340. The molecule has 5 rings (SSSR count). The van der Waals surface area contributed by atoms with Crippen molar-refractivity contribution in [1.82, 2.24) is 0 Å². The van der Waals surface area contributed by atoms with Crippen molar-refractivity contribution in [3.8, 4) is 11.3 Å². The molecule has 2 N–H and O–H groups in total. The number of ketones is 2. The number of aliphatic carboxylic acids is 1. The van der Waals surface area contributed by atoms with E-state index in [0.29, 0.717) is 65.4 Å². The molecule has 0 spiro atoms. The maximum absolute atomic E-state index is 13.4. The molecular formula is C30H32O8. The number of hydrogen-bond acceptors (Lipinski definition) is 6. The maximum Gasteiger partial charge on any atom is 0.336 e. The van der Waals surface area contributed by atoms with E-state index in [4.69, 9.17) is 19.1 Å². The first-order valence-corrected chi connectivity index (χ1v) is 12.5. The highest BCUT2D eigenvalue weighted by molar-refractivity contribution is 6.06. The molecule has 0 bridgehead atoms. The van der Waals surface area contributed by atoms with Crippen LogP contribution in [0.1, 0.15) is 82.3 Å². The summed E-state index contributed by atoms with van der Waals surface area (Å²) in [6.45, 7) is 9.25. The molecule has 1 aliphatic heterocycles. The van der Waals surface area contributed by atoms with Crippen LogP contribution < -0.4 is 0 Å². The summed E-state index contributed by atoms with van der Waals surface area (Å²) in [4.78, 5) is 47.5. The molecule has 200 valence electrons. The van der Waals surface area contributed by atoms with Gasteiger partial charge in [0, 0.05) is 49.3 Å². The van der Waals surface area contributed by atoms with Gasteiger partial charge in [0.05, 0.1) is 11.5 Å². The van der Waals surface area contributed by atoms with Gasteiger partial charge in [0.1, 0.15) is 23.0 Å². The van der Waals surface area contributed by atoms with E-state index in [2.05, 4.69) is 0 Å². The third kappa shape index (κ3) is 5.35. The highest BCUT2D eigenvalue weighted by Crippen LogP contribution is 2.53. The molecule has 38 heavy (non-hydrogen) atoms. The Labute approximate surface area is 221 Å². The van der Waals surface area contributed by atoms with Crippen LogP contribution in [0.2, 0.25) is 0 Å². The summed E-state index contributed by atoms with van der Waals surface area (Å²) < 4.78 is 12.5. The standard InChI is InChI=1S/C28H28O6.C2H4O2/c1-27(2)11-17(29)23-21(13-27)34-22-14-28(3,4)12-18(30)24(22)25(23)20-10-9-19(33-20)15-7-5-6-8-16(15)26(31)32;1-2(3)4/h5-10,25H,11-14H2,1-4H3,(H,31,32);1H3,(H,3,4). The summed E-state index contributed by atoms with van der Waals surface area (Å²) in [7, 11) is 0. The van der Waals surface area contributed by atoms with E-state index in [9.17, 15) is 19.5 Å². The number of benzene rings is 1. The van der Waals surface area contributed by atoms with Crippen molar-refractivity contribution in [1.29, 1.82) is 0 Å². The van der Waals surface area contributed by atoms with Gasteiger partial charge < -0.3 is 19.4 Å². The lowest BCUT2D eigenvalue weighted by Crippen LogP contribution is -2.37. The first kappa shape index (κ1) is 27.1. The number of allylic oxidation sites excluding steroid dienone is 4. The van der Waals surface area contributed by atoms with E-state index in [1.54, 1.807) is 30.3 Å². The van der Waals surface area contributed by atoms with E-state index in [0.717, 1.165) is 6.92 Å². The van der Waals surface area contributed by atoms with Crippen LogP contribution in [0.4, 0.5) is 0 Å². The Kier molecular flexibility index (Phi) is 6.95. The molecule has 0 unspecified atom stereocenters. The number of ether oxygens (including phenoxy) is 1. The Morgan fingerprint density at radius 1 is 0.816 bits per heavy atom. The minimum atomic E-state index is -1.05. The van der Waals surface area contributed by atoms with Gasteiger partial charge in [0.25, 0.3) is 5.97 Å². The first-order valence-electron chi connectivity index (χ1n) is 12.5. The van der Waals surface area contributed by atoms with Crippen LogP contribution in [0.15, 0.2) is 63.5 Å². The van der Waals surface area contributed by atoms with E-state index in [-0.39, 0.29) is 28.0 Å². The lowest BCUT2D eigenvalue weighted by atomic mass is 9.66. The minimum absolute atomic E-state index is 0.0377. The lowest BCUT2D eigenvalue weighted by molar-refractivity contribution is -0.134. The average molecular weight is 521 g/mol. The first-order chi connectivity index (χ1) is 17.7.